The van der Waals surface area contributed by atoms with Gasteiger partial charge in [0, 0.05) is 37.7 Å². The molecule has 0 spiro atoms. The zero-order chi connectivity index (χ0) is 19.2. The zero-order valence-corrected chi connectivity index (χ0v) is 15.9. The maximum atomic E-state index is 12.8. The van der Waals surface area contributed by atoms with Crippen molar-refractivity contribution in [3.63, 3.8) is 0 Å². The molecule has 0 radical (unpaired) electrons. The molecule has 0 bridgehead atoms. The van der Waals surface area contributed by atoms with Crippen molar-refractivity contribution < 1.29 is 4.79 Å². The van der Waals surface area contributed by atoms with Crippen LogP contribution in [0.4, 0.5) is 22.7 Å². The molecule has 1 amide bonds. The van der Waals surface area contributed by atoms with E-state index in [2.05, 4.69) is 15.2 Å². The van der Waals surface area contributed by atoms with E-state index in [0.717, 1.165) is 22.7 Å². The van der Waals surface area contributed by atoms with Gasteiger partial charge < -0.3 is 15.1 Å². The smallest absolute Gasteiger partial charge is 0.276 e. The van der Waals surface area contributed by atoms with Gasteiger partial charge in [0.2, 0.25) is 0 Å². The average molecular weight is 360 g/mol. The predicted octanol–water partition coefficient (Wildman–Crippen LogP) is 4.56. The van der Waals surface area contributed by atoms with Crippen LogP contribution in [0, 0.1) is 0 Å². The molecule has 27 heavy (non-hydrogen) atoms. The fourth-order valence-electron chi connectivity index (χ4n) is 2.79. The Hall–Kier alpha value is -3.34. The van der Waals surface area contributed by atoms with E-state index in [1.807, 2.05) is 81.7 Å². The SMILES string of the molecule is CCN(C(=O)c1ccc(Nc2ccc(N(C)C)cc2)cn1)c1ccccc1. The van der Waals surface area contributed by atoms with Gasteiger partial charge in [-0.3, -0.25) is 4.79 Å². The summed E-state index contributed by atoms with van der Waals surface area (Å²) in [7, 11) is 4.02. The molecule has 0 aliphatic heterocycles. The van der Waals surface area contributed by atoms with E-state index in [4.69, 9.17) is 0 Å². The van der Waals surface area contributed by atoms with Crippen LogP contribution < -0.4 is 15.1 Å². The summed E-state index contributed by atoms with van der Waals surface area (Å²) in [6, 6.07) is 21.4. The molecule has 0 aliphatic carbocycles. The second-order valence-electron chi connectivity index (χ2n) is 6.38. The lowest BCUT2D eigenvalue weighted by atomic mass is 10.2. The van der Waals surface area contributed by atoms with Crippen LogP contribution in [0.3, 0.4) is 0 Å². The Labute approximate surface area is 160 Å². The zero-order valence-electron chi connectivity index (χ0n) is 15.9. The highest BCUT2D eigenvalue weighted by Gasteiger charge is 2.17. The Morgan fingerprint density at radius 1 is 0.889 bits per heavy atom. The minimum Gasteiger partial charge on any atom is -0.378 e. The lowest BCUT2D eigenvalue weighted by molar-refractivity contribution is 0.0983. The van der Waals surface area contributed by atoms with E-state index in [9.17, 15) is 4.79 Å². The van der Waals surface area contributed by atoms with Gasteiger partial charge in [-0.1, -0.05) is 18.2 Å². The number of amides is 1. The lowest BCUT2D eigenvalue weighted by Gasteiger charge is -2.20. The molecule has 5 nitrogen and oxygen atoms in total. The van der Waals surface area contributed by atoms with E-state index >= 15 is 0 Å². The summed E-state index contributed by atoms with van der Waals surface area (Å²) in [4.78, 5) is 20.9. The van der Waals surface area contributed by atoms with Gasteiger partial charge in [0.1, 0.15) is 5.69 Å². The molecule has 1 heterocycles. The summed E-state index contributed by atoms with van der Waals surface area (Å²) in [5, 5.41) is 3.31. The van der Waals surface area contributed by atoms with Gasteiger partial charge in [-0.2, -0.15) is 0 Å². The summed E-state index contributed by atoms with van der Waals surface area (Å²) < 4.78 is 0. The van der Waals surface area contributed by atoms with Gasteiger partial charge >= 0.3 is 0 Å². The average Bonchev–Trinajstić information content (AvgIpc) is 2.70. The maximum Gasteiger partial charge on any atom is 0.276 e. The number of carbonyl (C=O) groups is 1. The quantitative estimate of drug-likeness (QED) is 0.700. The van der Waals surface area contributed by atoms with Gasteiger partial charge in [0.05, 0.1) is 11.9 Å². The van der Waals surface area contributed by atoms with Gasteiger partial charge in [0.25, 0.3) is 5.91 Å². The van der Waals surface area contributed by atoms with Crippen LogP contribution in [0.5, 0.6) is 0 Å². The van der Waals surface area contributed by atoms with Gasteiger partial charge in [-0.05, 0) is 55.5 Å². The Kier molecular flexibility index (Phi) is 5.71. The fourth-order valence-corrected chi connectivity index (χ4v) is 2.79. The van der Waals surface area contributed by atoms with Crippen LogP contribution in [0.15, 0.2) is 72.9 Å². The van der Waals surface area contributed by atoms with Crippen LogP contribution in [0.2, 0.25) is 0 Å². The summed E-state index contributed by atoms with van der Waals surface area (Å²) in [6.07, 6.45) is 1.69. The predicted molar refractivity (Wildman–Crippen MR) is 112 cm³/mol. The number of para-hydroxylation sites is 1. The van der Waals surface area contributed by atoms with E-state index in [1.165, 1.54) is 0 Å². The topological polar surface area (TPSA) is 48.5 Å². The molecule has 0 atom stereocenters. The van der Waals surface area contributed by atoms with Crippen molar-refractivity contribution >= 4 is 28.7 Å². The molecular weight excluding hydrogens is 336 g/mol. The van der Waals surface area contributed by atoms with E-state index in [1.54, 1.807) is 17.2 Å². The number of nitrogens with one attached hydrogen (secondary N) is 1. The van der Waals surface area contributed by atoms with Crippen LogP contribution >= 0.6 is 0 Å². The minimum absolute atomic E-state index is 0.106. The highest BCUT2D eigenvalue weighted by molar-refractivity contribution is 6.04. The number of nitrogens with zero attached hydrogens (tertiary/aromatic N) is 3. The molecule has 3 aromatic rings. The number of benzene rings is 2. The number of rotatable bonds is 6. The Morgan fingerprint density at radius 2 is 1.56 bits per heavy atom. The fraction of sp³-hybridized carbons (Fsp3) is 0.182. The molecule has 1 aromatic heterocycles. The number of anilines is 4. The Bertz CT molecular complexity index is 874. The first kappa shape index (κ1) is 18.5. The summed E-state index contributed by atoms with van der Waals surface area (Å²) in [6.45, 7) is 2.54. The summed E-state index contributed by atoms with van der Waals surface area (Å²) in [5.74, 6) is -0.106. The summed E-state index contributed by atoms with van der Waals surface area (Å²) >= 11 is 0. The molecule has 5 heteroatoms. The van der Waals surface area contributed by atoms with Crippen LogP contribution in [0.1, 0.15) is 17.4 Å². The van der Waals surface area contributed by atoms with Gasteiger partial charge in [-0.25, -0.2) is 4.98 Å². The normalized spacial score (nSPS) is 10.3. The van der Waals surface area contributed by atoms with Crippen molar-refractivity contribution in [2.24, 2.45) is 0 Å². The molecule has 0 saturated carbocycles. The standard InChI is InChI=1S/C22H24N4O/c1-4-26(20-8-6-5-7-9-20)22(27)21-15-12-18(16-23-21)24-17-10-13-19(14-11-17)25(2)3/h5-16,24H,4H2,1-3H3. The van der Waals surface area contributed by atoms with Gasteiger partial charge in [-0.15, -0.1) is 0 Å². The Morgan fingerprint density at radius 3 is 2.11 bits per heavy atom. The van der Waals surface area contributed by atoms with Crippen molar-refractivity contribution in [1.29, 1.82) is 0 Å². The minimum atomic E-state index is -0.106. The Balaban J connectivity index is 1.71. The number of hydrogen-bond donors (Lipinski definition) is 1. The summed E-state index contributed by atoms with van der Waals surface area (Å²) in [5.41, 5.74) is 4.25. The first-order chi connectivity index (χ1) is 13.1. The van der Waals surface area contributed by atoms with Crippen molar-refractivity contribution in [3.8, 4) is 0 Å². The van der Waals surface area contributed by atoms with Gasteiger partial charge in [0.15, 0.2) is 0 Å². The number of aromatic nitrogens is 1. The van der Waals surface area contributed by atoms with E-state index in [0.29, 0.717) is 12.2 Å². The molecule has 0 saturated heterocycles. The number of hydrogen-bond acceptors (Lipinski definition) is 4. The highest BCUT2D eigenvalue weighted by atomic mass is 16.2. The van der Waals surface area contributed by atoms with Crippen molar-refractivity contribution in [1.82, 2.24) is 4.98 Å². The third-order valence-corrected chi connectivity index (χ3v) is 4.28. The number of carbonyl (C=O) groups excluding carboxylic acids is 1. The second-order valence-corrected chi connectivity index (χ2v) is 6.38. The molecule has 138 valence electrons. The van der Waals surface area contributed by atoms with E-state index in [-0.39, 0.29) is 5.91 Å². The first-order valence-electron chi connectivity index (χ1n) is 8.96. The molecule has 3 rings (SSSR count). The molecule has 2 aromatic carbocycles. The molecule has 0 aliphatic rings. The van der Waals surface area contributed by atoms with Crippen molar-refractivity contribution in [2.45, 2.75) is 6.92 Å². The first-order valence-corrected chi connectivity index (χ1v) is 8.96. The maximum absolute atomic E-state index is 12.8. The van der Waals surface area contributed by atoms with Crippen LogP contribution in [0.25, 0.3) is 0 Å². The monoisotopic (exact) mass is 360 g/mol. The third-order valence-electron chi connectivity index (χ3n) is 4.28. The number of pyridine rings is 1. The molecule has 0 fully saturated rings. The van der Waals surface area contributed by atoms with Crippen LogP contribution in [-0.4, -0.2) is 31.5 Å². The lowest BCUT2D eigenvalue weighted by Crippen LogP contribution is -2.31. The largest absolute Gasteiger partial charge is 0.378 e. The second kappa shape index (κ2) is 8.36. The molecule has 0 unspecified atom stereocenters. The van der Waals surface area contributed by atoms with Crippen LogP contribution in [-0.2, 0) is 0 Å². The van der Waals surface area contributed by atoms with Crippen molar-refractivity contribution in [2.75, 3.05) is 35.8 Å². The van der Waals surface area contributed by atoms with E-state index < -0.39 is 0 Å². The van der Waals surface area contributed by atoms with Crippen molar-refractivity contribution in [3.05, 3.63) is 78.6 Å². The molecular formula is C22H24N4O. The molecule has 1 N–H and O–H groups in total. The third kappa shape index (κ3) is 4.44. The highest BCUT2D eigenvalue weighted by Crippen LogP contribution is 2.21.